The molecule has 6 unspecified atom stereocenters. The molecule has 3 rings (SSSR count). The highest BCUT2D eigenvalue weighted by molar-refractivity contribution is 5.99. The van der Waals surface area contributed by atoms with E-state index in [0.29, 0.717) is 11.6 Å². The molecule has 3 aromatic carbocycles. The Morgan fingerprint density at radius 1 is 0.611 bits per heavy atom. The first kappa shape index (κ1) is 56.0. The number of non-ortho nitro benzene ring substituents is 1. The Morgan fingerprint density at radius 2 is 1.07 bits per heavy atom. The van der Waals surface area contributed by atoms with Crippen LogP contribution in [-0.2, 0) is 28.8 Å². The van der Waals surface area contributed by atoms with Gasteiger partial charge in [0.1, 0.15) is 11.7 Å². The van der Waals surface area contributed by atoms with Gasteiger partial charge in [-0.25, -0.2) is 20.0 Å². The van der Waals surface area contributed by atoms with E-state index in [2.05, 4.69) is 30.6 Å². The number of amides is 6. The smallest absolute Gasteiger partial charge is 0.299 e. The maximum atomic E-state index is 14.2. The Labute approximate surface area is 406 Å². The van der Waals surface area contributed by atoms with E-state index in [-0.39, 0.29) is 5.56 Å². The van der Waals surface area contributed by atoms with E-state index in [1.165, 1.54) is 36.4 Å². The van der Waals surface area contributed by atoms with E-state index < -0.39 is 130 Å². The molecule has 0 heterocycles. The van der Waals surface area contributed by atoms with Crippen molar-refractivity contribution in [3.63, 3.8) is 0 Å². The number of primary amides is 1. The number of rotatable bonds is 24. The van der Waals surface area contributed by atoms with Gasteiger partial charge in [0.05, 0.1) is 15.9 Å². The number of benzene rings is 3. The van der Waals surface area contributed by atoms with Gasteiger partial charge in [-0.15, -0.1) is 0 Å². The molecule has 24 N–H and O–H groups in total. The van der Waals surface area contributed by atoms with Gasteiger partial charge in [0.2, 0.25) is 36.8 Å². The molecular formula is C39H52N22O11. The molecule has 3 aromatic rings. The lowest BCUT2D eigenvalue weighted by Crippen LogP contribution is -2.58. The average molecular weight is 1000 g/mol. The van der Waals surface area contributed by atoms with E-state index in [9.17, 15) is 54.1 Å². The van der Waals surface area contributed by atoms with Gasteiger partial charge in [0.15, 0.2) is 23.8 Å². The number of carbonyl (C=O) groups is 6. The molecule has 0 bridgehead atoms. The molecule has 6 amide bonds. The second-order valence-corrected chi connectivity index (χ2v) is 14.7. The fourth-order valence-electron chi connectivity index (χ4n) is 5.93. The number of aliphatic imine (C=N–C) groups is 4. The minimum Gasteiger partial charge on any atom is -0.378 e. The molecule has 0 fully saturated rings. The highest BCUT2D eigenvalue weighted by Gasteiger charge is 2.36. The number of aliphatic hydroxyl groups excluding tert-OH is 1. The van der Waals surface area contributed by atoms with Crippen LogP contribution in [0.2, 0.25) is 0 Å². The topological polar surface area (TPSA) is 559 Å². The first-order chi connectivity index (χ1) is 33.8. The highest BCUT2D eigenvalue weighted by Crippen LogP contribution is 2.33. The summed E-state index contributed by atoms with van der Waals surface area (Å²) < 4.78 is 0. The van der Waals surface area contributed by atoms with Crippen LogP contribution in [0.5, 0.6) is 0 Å². The predicted molar refractivity (Wildman–Crippen MR) is 260 cm³/mol. The maximum absolute atomic E-state index is 14.2. The van der Waals surface area contributed by atoms with Gasteiger partial charge in [-0.2, -0.15) is 0 Å². The summed E-state index contributed by atoms with van der Waals surface area (Å²) in [5, 5.41) is 46.0. The Hall–Kier alpha value is -10.3. The molecule has 33 nitrogen and oxygen atoms in total. The maximum Gasteiger partial charge on any atom is 0.299 e. The zero-order chi connectivity index (χ0) is 54.0. The molecule has 33 heteroatoms. The Balaban J connectivity index is 2.01. The van der Waals surface area contributed by atoms with Gasteiger partial charge in [-0.3, -0.25) is 49.0 Å². The molecule has 0 radical (unpaired) electrons. The lowest BCUT2D eigenvalue weighted by molar-refractivity contribution is -0.393. The first-order valence-corrected chi connectivity index (χ1v) is 20.3. The molecule has 0 aliphatic heterocycles. The lowest BCUT2D eigenvalue weighted by atomic mass is 10.1. The van der Waals surface area contributed by atoms with E-state index in [1.807, 2.05) is 34.9 Å². The van der Waals surface area contributed by atoms with Crippen LogP contribution in [0.1, 0.15) is 17.2 Å². The lowest BCUT2D eigenvalue weighted by Gasteiger charge is -2.29. The van der Waals surface area contributed by atoms with E-state index in [4.69, 9.17) is 51.6 Å². The van der Waals surface area contributed by atoms with Gasteiger partial charge < -0.3 is 93.1 Å². The van der Waals surface area contributed by atoms with Crippen molar-refractivity contribution in [2.45, 2.75) is 36.9 Å². The summed E-state index contributed by atoms with van der Waals surface area (Å²) in [5.41, 5.74) is 48.2. The number of nitro groups is 2. The van der Waals surface area contributed by atoms with Crippen molar-refractivity contribution in [1.82, 2.24) is 26.6 Å². The number of nitrogens with zero attached hydrogens (tertiary/aromatic N) is 8. The third-order valence-electron chi connectivity index (χ3n) is 9.15. The Morgan fingerprint density at radius 3 is 1.50 bits per heavy atom. The predicted octanol–water partition coefficient (Wildman–Crippen LogP) is -6.39. The van der Waals surface area contributed by atoms with Crippen LogP contribution in [0.25, 0.3) is 6.08 Å². The van der Waals surface area contributed by atoms with Crippen molar-refractivity contribution in [2.75, 3.05) is 30.4 Å². The fourth-order valence-corrected chi connectivity index (χ4v) is 5.93. The van der Waals surface area contributed by atoms with Crippen LogP contribution in [-0.4, -0.2) is 126 Å². The number of carbonyl (C=O) groups excluding carboxylic acids is 6. The van der Waals surface area contributed by atoms with Crippen molar-refractivity contribution in [2.24, 2.45) is 71.6 Å². The monoisotopic (exact) mass is 1000 g/mol. The number of hydrogen-bond donors (Lipinski definition) is 15. The summed E-state index contributed by atoms with van der Waals surface area (Å²) in [7, 11) is 3.66. The largest absolute Gasteiger partial charge is 0.378 e. The summed E-state index contributed by atoms with van der Waals surface area (Å²) in [4.78, 5) is 119. The first-order valence-electron chi connectivity index (χ1n) is 20.3. The number of nitrogens with one attached hydrogen (secondary N) is 5. The molecular weight excluding hydrogens is 953 g/mol. The summed E-state index contributed by atoms with van der Waals surface area (Å²) in [6, 6.07) is 14.9. The molecule has 0 aliphatic rings. The Bertz CT molecular complexity index is 2650. The van der Waals surface area contributed by atoms with Gasteiger partial charge in [-0.05, 0) is 29.3 Å². The number of aliphatic hydroxyl groups is 1. The third-order valence-corrected chi connectivity index (χ3v) is 9.15. The molecule has 0 aromatic heterocycles. The number of guanidine groups is 4. The normalized spacial score (nSPS) is 13.1. The van der Waals surface area contributed by atoms with Crippen molar-refractivity contribution >= 4 is 88.1 Å². The van der Waals surface area contributed by atoms with Crippen molar-refractivity contribution in [1.29, 1.82) is 0 Å². The van der Waals surface area contributed by atoms with Crippen LogP contribution >= 0.6 is 0 Å². The third kappa shape index (κ3) is 16.8. The minimum absolute atomic E-state index is 0.00793. The fraction of sp³-hybridized carbons (Fsp3) is 0.231. The molecule has 6 atom stereocenters. The molecule has 0 saturated heterocycles. The number of nitro benzene ring substituents is 2. The van der Waals surface area contributed by atoms with E-state index >= 15 is 0 Å². The molecule has 72 heavy (non-hydrogen) atoms. The van der Waals surface area contributed by atoms with Crippen LogP contribution in [0.4, 0.5) is 22.7 Å². The van der Waals surface area contributed by atoms with Crippen molar-refractivity contribution in [3.8, 4) is 0 Å². The van der Waals surface area contributed by atoms with Crippen LogP contribution in [0, 0.1) is 20.2 Å². The Kier molecular flexibility index (Phi) is 20.0. The summed E-state index contributed by atoms with van der Waals surface area (Å²) >= 11 is 0. The van der Waals surface area contributed by atoms with Crippen LogP contribution < -0.4 is 88.0 Å². The molecule has 0 spiro atoms. The van der Waals surface area contributed by atoms with E-state index in [0.717, 1.165) is 22.7 Å². The van der Waals surface area contributed by atoms with Crippen LogP contribution in [0.3, 0.4) is 0 Å². The van der Waals surface area contributed by atoms with Crippen molar-refractivity contribution in [3.05, 3.63) is 110 Å². The number of anilines is 2. The van der Waals surface area contributed by atoms with E-state index in [1.54, 1.807) is 30.3 Å². The van der Waals surface area contributed by atoms with Gasteiger partial charge in [0.25, 0.3) is 40.9 Å². The van der Waals surface area contributed by atoms with Crippen LogP contribution in [0.15, 0.2) is 98.8 Å². The number of nitrogens with two attached hydrogens (primary N) is 9. The molecule has 384 valence electrons. The second-order valence-electron chi connectivity index (χ2n) is 14.7. The van der Waals surface area contributed by atoms with Gasteiger partial charge in [-0.1, -0.05) is 54.6 Å². The summed E-state index contributed by atoms with van der Waals surface area (Å²) in [6.45, 7) is -0.439. The zero-order valence-electron chi connectivity index (χ0n) is 38.1. The number of hydrogen-bond acceptors (Lipinski definition) is 17. The standard InChI is InChI=1S/C39H52N22O11/c1-58(2)20-12-10-18(11-13-20)7-6-16-59(22-15-14-21(60(69)70)17-23(22)61(71)72)35(68)34(67)49-24(19-8-4-3-5-9-19)30(63)51-27(55-37(43)44)32(65)53-29(57-39(47)48)33(66)52-28(56-38(45)46)31(64)50-26(25(40)62)54-36(41)42/h3-15,17,24,26-29,35,68H,16H2,1-2H3,(H2,40,62)(H,49,67)(H,50,64)(H,51,63)(H,52,66)(H,53,65)(H4,41,42,54)(H4,43,44,55)(H4,45,46,56)(H4,47,48,57)/b7-6-. The van der Waals surface area contributed by atoms with Gasteiger partial charge >= 0.3 is 0 Å². The molecule has 0 saturated carbocycles. The summed E-state index contributed by atoms with van der Waals surface area (Å²) in [6.07, 6.45) is -7.80. The quantitative estimate of drug-likeness (QED) is 0.0130. The SMILES string of the molecule is CN(C)c1ccc(/C=C\CN(c2ccc([N+](=O)[O-])cc2[N+](=O)[O-])C(O)C(=O)NC(C(=O)NC(N=C(N)N)C(=O)NC(N=C(N)N)C(=O)NC(N=C(N)N)C(=O)NC(N=C(N)N)C(N)=O)c2ccccc2)cc1. The zero-order valence-corrected chi connectivity index (χ0v) is 38.1. The second kappa shape index (κ2) is 25.7. The molecule has 0 aliphatic carbocycles. The average Bonchev–Trinajstić information content (AvgIpc) is 3.30. The van der Waals surface area contributed by atoms with Gasteiger partial charge in [0, 0.05) is 32.4 Å². The highest BCUT2D eigenvalue weighted by atomic mass is 16.6. The van der Waals surface area contributed by atoms with Crippen molar-refractivity contribution < 1.29 is 43.7 Å². The summed E-state index contributed by atoms with van der Waals surface area (Å²) in [5.74, 6) is -11.3. The minimum atomic E-state index is -2.38.